The molecule has 1 aromatic carbocycles. The van der Waals surface area contributed by atoms with Crippen molar-refractivity contribution in [2.24, 2.45) is 4.99 Å². The molecule has 0 aliphatic carbocycles. The van der Waals surface area contributed by atoms with E-state index in [-0.39, 0.29) is 0 Å². The fourth-order valence-electron chi connectivity index (χ4n) is 2.23. The number of hydrogen-bond acceptors (Lipinski definition) is 4. The monoisotopic (exact) mass is 267 g/mol. The second kappa shape index (κ2) is 6.30. The van der Waals surface area contributed by atoms with Crippen LogP contribution in [0.15, 0.2) is 53.7 Å². The van der Waals surface area contributed by atoms with Gasteiger partial charge in [0.25, 0.3) is 0 Å². The highest BCUT2D eigenvalue weighted by Gasteiger charge is 2.13. The van der Waals surface area contributed by atoms with Gasteiger partial charge in [-0.3, -0.25) is 9.98 Å². The van der Waals surface area contributed by atoms with E-state index in [9.17, 15) is 0 Å². The molecule has 0 atom stereocenters. The highest BCUT2D eigenvalue weighted by atomic mass is 16.5. The molecule has 2 heterocycles. The van der Waals surface area contributed by atoms with E-state index in [0.29, 0.717) is 0 Å². The summed E-state index contributed by atoms with van der Waals surface area (Å²) in [7, 11) is 0. The summed E-state index contributed by atoms with van der Waals surface area (Å²) in [5.74, 6) is 0. The molecule has 0 spiro atoms. The zero-order valence-corrected chi connectivity index (χ0v) is 11.3. The Morgan fingerprint density at radius 1 is 1.05 bits per heavy atom. The van der Waals surface area contributed by atoms with Gasteiger partial charge in [-0.15, -0.1) is 0 Å². The van der Waals surface area contributed by atoms with Gasteiger partial charge in [-0.05, 0) is 24.3 Å². The van der Waals surface area contributed by atoms with Gasteiger partial charge in [0.05, 0.1) is 36.5 Å². The molecule has 1 aliphatic rings. The van der Waals surface area contributed by atoms with Crippen molar-refractivity contribution >= 4 is 17.6 Å². The third kappa shape index (κ3) is 3.03. The third-order valence-corrected chi connectivity index (χ3v) is 3.26. The van der Waals surface area contributed by atoms with Crippen molar-refractivity contribution in [1.82, 2.24) is 4.98 Å². The van der Waals surface area contributed by atoms with Crippen molar-refractivity contribution < 1.29 is 4.74 Å². The first-order valence-corrected chi connectivity index (χ1v) is 6.80. The molecule has 0 unspecified atom stereocenters. The van der Waals surface area contributed by atoms with Crippen LogP contribution in [0.4, 0.5) is 11.4 Å². The fraction of sp³-hybridized carbons (Fsp3) is 0.250. The van der Waals surface area contributed by atoms with Crippen LogP contribution >= 0.6 is 0 Å². The Bertz CT molecular complexity index is 577. The number of pyridine rings is 1. The van der Waals surface area contributed by atoms with Crippen LogP contribution in [0.25, 0.3) is 0 Å². The van der Waals surface area contributed by atoms with Gasteiger partial charge >= 0.3 is 0 Å². The van der Waals surface area contributed by atoms with Crippen LogP contribution in [0.2, 0.25) is 0 Å². The summed E-state index contributed by atoms with van der Waals surface area (Å²) in [6.07, 6.45) is 3.58. The third-order valence-electron chi connectivity index (χ3n) is 3.26. The lowest BCUT2D eigenvalue weighted by Gasteiger charge is -2.29. The van der Waals surface area contributed by atoms with Crippen molar-refractivity contribution in [3.63, 3.8) is 0 Å². The Balaban J connectivity index is 1.84. The second-order valence-electron chi connectivity index (χ2n) is 4.60. The molecule has 102 valence electrons. The fourth-order valence-corrected chi connectivity index (χ4v) is 2.23. The van der Waals surface area contributed by atoms with Crippen LogP contribution < -0.4 is 4.90 Å². The summed E-state index contributed by atoms with van der Waals surface area (Å²) in [5.41, 5.74) is 2.99. The normalized spacial score (nSPS) is 15.7. The summed E-state index contributed by atoms with van der Waals surface area (Å²) in [5, 5.41) is 0. The maximum atomic E-state index is 5.40. The summed E-state index contributed by atoms with van der Waals surface area (Å²) in [6, 6.07) is 14.0. The minimum Gasteiger partial charge on any atom is -0.378 e. The topological polar surface area (TPSA) is 37.7 Å². The molecule has 20 heavy (non-hydrogen) atoms. The molecule has 1 aromatic heterocycles. The Morgan fingerprint density at radius 3 is 2.65 bits per heavy atom. The molecular formula is C16H17N3O. The molecule has 0 radical (unpaired) electrons. The van der Waals surface area contributed by atoms with Crippen LogP contribution in [-0.2, 0) is 4.74 Å². The van der Waals surface area contributed by atoms with Gasteiger partial charge in [-0.2, -0.15) is 0 Å². The van der Waals surface area contributed by atoms with Crippen molar-refractivity contribution in [3.05, 3.63) is 54.4 Å². The number of aliphatic imine (C=N–C) groups is 1. The maximum absolute atomic E-state index is 5.40. The van der Waals surface area contributed by atoms with Crippen LogP contribution in [-0.4, -0.2) is 37.5 Å². The molecular weight excluding hydrogens is 250 g/mol. The Labute approximate surface area is 118 Å². The lowest BCUT2D eigenvalue weighted by molar-refractivity contribution is 0.123. The average molecular weight is 267 g/mol. The van der Waals surface area contributed by atoms with Crippen molar-refractivity contribution in [2.75, 3.05) is 31.2 Å². The predicted octanol–water partition coefficient (Wildman–Crippen LogP) is 2.67. The number of benzene rings is 1. The smallest absolute Gasteiger partial charge is 0.0863 e. The molecule has 1 aliphatic heterocycles. The van der Waals surface area contributed by atoms with E-state index in [1.165, 1.54) is 0 Å². The largest absolute Gasteiger partial charge is 0.378 e. The minimum absolute atomic E-state index is 0.776. The molecule has 4 heteroatoms. The standard InChI is InChI=1S/C16H17N3O/c1-2-7-16(19-9-11-20-12-10-19)15(6-1)18-13-14-5-3-4-8-17-14/h1-8,13H,9-12H2. The molecule has 0 saturated carbocycles. The number of ether oxygens (including phenoxy) is 1. The van der Waals surface area contributed by atoms with Gasteiger partial charge in [0.2, 0.25) is 0 Å². The number of aromatic nitrogens is 1. The number of rotatable bonds is 3. The molecule has 0 amide bonds. The number of anilines is 1. The minimum atomic E-state index is 0.776. The van der Waals surface area contributed by atoms with Gasteiger partial charge in [-0.1, -0.05) is 18.2 Å². The Morgan fingerprint density at radius 2 is 1.85 bits per heavy atom. The Kier molecular flexibility index (Phi) is 4.04. The number of nitrogens with zero attached hydrogens (tertiary/aromatic N) is 3. The van der Waals surface area contributed by atoms with Gasteiger partial charge in [-0.25, -0.2) is 0 Å². The van der Waals surface area contributed by atoms with Crippen LogP contribution in [0.1, 0.15) is 5.69 Å². The van der Waals surface area contributed by atoms with Crippen molar-refractivity contribution in [3.8, 4) is 0 Å². The van der Waals surface area contributed by atoms with Crippen LogP contribution in [0.5, 0.6) is 0 Å². The van der Waals surface area contributed by atoms with Gasteiger partial charge in [0.15, 0.2) is 0 Å². The number of morpholine rings is 1. The summed E-state index contributed by atoms with van der Waals surface area (Å²) < 4.78 is 5.40. The number of para-hydroxylation sites is 2. The SMILES string of the molecule is C(=Nc1ccccc1N1CCOCC1)c1ccccn1. The molecule has 0 bridgehead atoms. The quantitative estimate of drug-likeness (QED) is 0.802. The van der Waals surface area contributed by atoms with E-state index in [1.54, 1.807) is 12.4 Å². The first-order chi connectivity index (χ1) is 9.93. The first kappa shape index (κ1) is 12.8. The molecule has 0 N–H and O–H groups in total. The molecule has 1 fully saturated rings. The molecule has 3 rings (SSSR count). The van der Waals surface area contributed by atoms with E-state index in [4.69, 9.17) is 4.74 Å². The highest BCUT2D eigenvalue weighted by molar-refractivity contribution is 5.82. The molecule has 1 saturated heterocycles. The predicted molar refractivity (Wildman–Crippen MR) is 81.0 cm³/mol. The zero-order chi connectivity index (χ0) is 13.6. The molecule has 4 nitrogen and oxygen atoms in total. The van der Waals surface area contributed by atoms with Crippen LogP contribution in [0.3, 0.4) is 0 Å². The van der Waals surface area contributed by atoms with Gasteiger partial charge < -0.3 is 9.64 Å². The first-order valence-electron chi connectivity index (χ1n) is 6.80. The van der Waals surface area contributed by atoms with Gasteiger partial charge in [0, 0.05) is 19.3 Å². The lowest BCUT2D eigenvalue weighted by atomic mass is 10.2. The van der Waals surface area contributed by atoms with Gasteiger partial charge in [0.1, 0.15) is 0 Å². The van der Waals surface area contributed by atoms with E-state index in [0.717, 1.165) is 43.4 Å². The van der Waals surface area contributed by atoms with E-state index >= 15 is 0 Å². The average Bonchev–Trinajstić information content (AvgIpc) is 2.55. The second-order valence-corrected chi connectivity index (χ2v) is 4.60. The molecule has 2 aromatic rings. The zero-order valence-electron chi connectivity index (χ0n) is 11.3. The van der Waals surface area contributed by atoms with Crippen molar-refractivity contribution in [1.29, 1.82) is 0 Å². The van der Waals surface area contributed by atoms with Crippen molar-refractivity contribution in [2.45, 2.75) is 0 Å². The van der Waals surface area contributed by atoms with E-state index < -0.39 is 0 Å². The van der Waals surface area contributed by atoms with E-state index in [2.05, 4.69) is 20.9 Å². The summed E-state index contributed by atoms with van der Waals surface area (Å²) in [6.45, 7) is 3.38. The van der Waals surface area contributed by atoms with E-state index in [1.807, 2.05) is 36.4 Å². The maximum Gasteiger partial charge on any atom is 0.0863 e. The van der Waals surface area contributed by atoms with Crippen LogP contribution in [0, 0.1) is 0 Å². The Hall–Kier alpha value is -2.20. The summed E-state index contributed by atoms with van der Waals surface area (Å²) in [4.78, 5) is 11.1. The lowest BCUT2D eigenvalue weighted by Crippen LogP contribution is -2.36. The summed E-state index contributed by atoms with van der Waals surface area (Å²) >= 11 is 0. The number of hydrogen-bond donors (Lipinski definition) is 0. The highest BCUT2D eigenvalue weighted by Crippen LogP contribution is 2.28.